The summed E-state index contributed by atoms with van der Waals surface area (Å²) in [5.74, 6) is 0. The Labute approximate surface area is 106 Å². The van der Waals surface area contributed by atoms with Crippen LogP contribution in [0.25, 0.3) is 0 Å². The molecule has 0 aromatic heterocycles. The molecular formula is C14H30N2O. The summed E-state index contributed by atoms with van der Waals surface area (Å²) < 4.78 is 0. The first-order valence-electron chi connectivity index (χ1n) is 7.28. The number of rotatable bonds is 6. The van der Waals surface area contributed by atoms with E-state index < -0.39 is 0 Å². The van der Waals surface area contributed by atoms with Crippen LogP contribution in [0.3, 0.4) is 0 Å². The molecule has 1 aliphatic rings. The number of aliphatic hydroxyl groups is 1. The van der Waals surface area contributed by atoms with Crippen molar-refractivity contribution in [1.82, 2.24) is 4.90 Å². The van der Waals surface area contributed by atoms with Gasteiger partial charge in [0.25, 0.3) is 0 Å². The summed E-state index contributed by atoms with van der Waals surface area (Å²) in [6, 6.07) is 0. The van der Waals surface area contributed by atoms with E-state index >= 15 is 0 Å². The van der Waals surface area contributed by atoms with Gasteiger partial charge in [-0.15, -0.1) is 0 Å². The first kappa shape index (κ1) is 14.9. The second-order valence-electron chi connectivity index (χ2n) is 5.64. The van der Waals surface area contributed by atoms with Crippen molar-refractivity contribution in [3.05, 3.63) is 0 Å². The van der Waals surface area contributed by atoms with Crippen molar-refractivity contribution in [2.75, 3.05) is 19.6 Å². The van der Waals surface area contributed by atoms with E-state index in [1.807, 2.05) is 6.92 Å². The van der Waals surface area contributed by atoms with E-state index in [-0.39, 0.29) is 11.6 Å². The van der Waals surface area contributed by atoms with Gasteiger partial charge in [0, 0.05) is 18.6 Å². The standard InChI is InChI=1S/C14H30N2O/c1-3-10-16(11-13(2)17)14(12-15)8-6-4-5-7-9-14/h13,17H,3-12,15H2,1-2H3. The third kappa shape index (κ3) is 4.23. The van der Waals surface area contributed by atoms with E-state index in [2.05, 4.69) is 11.8 Å². The normalized spacial score (nSPS) is 22.4. The predicted octanol–water partition coefficient (Wildman–Crippen LogP) is 2.13. The molecule has 102 valence electrons. The van der Waals surface area contributed by atoms with Crippen LogP contribution >= 0.6 is 0 Å². The van der Waals surface area contributed by atoms with Crippen molar-refractivity contribution in [3.63, 3.8) is 0 Å². The molecule has 0 saturated heterocycles. The zero-order valence-corrected chi connectivity index (χ0v) is 11.6. The predicted molar refractivity (Wildman–Crippen MR) is 73.0 cm³/mol. The van der Waals surface area contributed by atoms with E-state index in [0.29, 0.717) is 0 Å². The molecule has 1 atom stereocenters. The fourth-order valence-electron chi connectivity index (χ4n) is 3.15. The molecule has 3 N–H and O–H groups in total. The number of nitrogens with two attached hydrogens (primary N) is 1. The second-order valence-corrected chi connectivity index (χ2v) is 5.64. The SMILES string of the molecule is CCCN(CC(C)O)C1(CN)CCCCCC1. The lowest BCUT2D eigenvalue weighted by atomic mass is 9.87. The van der Waals surface area contributed by atoms with Gasteiger partial charge in [-0.05, 0) is 32.7 Å². The highest BCUT2D eigenvalue weighted by molar-refractivity contribution is 4.93. The van der Waals surface area contributed by atoms with Crippen molar-refractivity contribution in [1.29, 1.82) is 0 Å². The average Bonchev–Trinajstić information content (AvgIpc) is 2.54. The van der Waals surface area contributed by atoms with E-state index in [1.165, 1.54) is 38.5 Å². The molecule has 3 heteroatoms. The first-order chi connectivity index (χ1) is 8.14. The van der Waals surface area contributed by atoms with Gasteiger partial charge in [-0.2, -0.15) is 0 Å². The Hall–Kier alpha value is -0.120. The quantitative estimate of drug-likeness (QED) is 0.702. The molecule has 1 unspecified atom stereocenters. The van der Waals surface area contributed by atoms with Gasteiger partial charge >= 0.3 is 0 Å². The molecule has 0 heterocycles. The molecule has 0 amide bonds. The van der Waals surface area contributed by atoms with Crippen LogP contribution in [0.1, 0.15) is 58.8 Å². The molecule has 0 aliphatic heterocycles. The molecule has 0 bridgehead atoms. The molecule has 0 radical (unpaired) electrons. The molecule has 1 aliphatic carbocycles. The van der Waals surface area contributed by atoms with E-state index in [1.54, 1.807) is 0 Å². The van der Waals surface area contributed by atoms with Crippen LogP contribution in [0.2, 0.25) is 0 Å². The monoisotopic (exact) mass is 242 g/mol. The smallest absolute Gasteiger partial charge is 0.0639 e. The maximum Gasteiger partial charge on any atom is 0.0639 e. The second kappa shape index (κ2) is 7.34. The van der Waals surface area contributed by atoms with Crippen LogP contribution in [-0.2, 0) is 0 Å². The molecule has 3 nitrogen and oxygen atoms in total. The Morgan fingerprint density at radius 2 is 1.82 bits per heavy atom. The van der Waals surface area contributed by atoms with Crippen LogP contribution in [0, 0.1) is 0 Å². The van der Waals surface area contributed by atoms with Gasteiger partial charge < -0.3 is 10.8 Å². The number of nitrogens with zero attached hydrogens (tertiary/aromatic N) is 1. The zero-order chi connectivity index (χ0) is 12.7. The van der Waals surface area contributed by atoms with Gasteiger partial charge in [-0.1, -0.05) is 32.6 Å². The molecule has 0 aromatic rings. The Bertz CT molecular complexity index is 198. The number of aliphatic hydroxyl groups excluding tert-OH is 1. The highest BCUT2D eigenvalue weighted by Crippen LogP contribution is 2.32. The summed E-state index contributed by atoms with van der Waals surface area (Å²) >= 11 is 0. The molecular weight excluding hydrogens is 212 g/mol. The van der Waals surface area contributed by atoms with Gasteiger partial charge in [-0.3, -0.25) is 4.90 Å². The Kier molecular flexibility index (Phi) is 6.45. The topological polar surface area (TPSA) is 49.5 Å². The van der Waals surface area contributed by atoms with Crippen LogP contribution < -0.4 is 5.73 Å². The fraction of sp³-hybridized carbons (Fsp3) is 1.00. The minimum absolute atomic E-state index is 0.156. The summed E-state index contributed by atoms with van der Waals surface area (Å²) in [6.07, 6.45) is 8.55. The summed E-state index contributed by atoms with van der Waals surface area (Å²) in [5, 5.41) is 9.68. The largest absolute Gasteiger partial charge is 0.392 e. The van der Waals surface area contributed by atoms with Gasteiger partial charge in [0.1, 0.15) is 0 Å². The summed E-state index contributed by atoms with van der Waals surface area (Å²) in [6.45, 7) is 6.65. The van der Waals surface area contributed by atoms with Gasteiger partial charge in [0.15, 0.2) is 0 Å². The Morgan fingerprint density at radius 1 is 1.24 bits per heavy atom. The Morgan fingerprint density at radius 3 is 2.24 bits per heavy atom. The maximum atomic E-state index is 9.68. The summed E-state index contributed by atoms with van der Waals surface area (Å²) in [7, 11) is 0. The Balaban J connectivity index is 2.75. The molecule has 1 fully saturated rings. The number of hydrogen-bond acceptors (Lipinski definition) is 3. The van der Waals surface area contributed by atoms with Crippen LogP contribution in [0.5, 0.6) is 0 Å². The number of hydrogen-bond donors (Lipinski definition) is 2. The summed E-state index contributed by atoms with van der Waals surface area (Å²) in [4.78, 5) is 2.46. The van der Waals surface area contributed by atoms with E-state index in [4.69, 9.17) is 5.73 Å². The lowest BCUT2D eigenvalue weighted by Crippen LogP contribution is -2.55. The average molecular weight is 242 g/mol. The molecule has 1 rings (SSSR count). The van der Waals surface area contributed by atoms with Gasteiger partial charge in [-0.25, -0.2) is 0 Å². The molecule has 1 saturated carbocycles. The van der Waals surface area contributed by atoms with Gasteiger partial charge in [0.05, 0.1) is 6.10 Å². The van der Waals surface area contributed by atoms with Crippen molar-refractivity contribution in [2.24, 2.45) is 5.73 Å². The van der Waals surface area contributed by atoms with Crippen LogP contribution in [0.15, 0.2) is 0 Å². The molecule has 0 aromatic carbocycles. The lowest BCUT2D eigenvalue weighted by Gasteiger charge is -2.44. The minimum atomic E-state index is -0.256. The van der Waals surface area contributed by atoms with E-state index in [9.17, 15) is 5.11 Å². The first-order valence-corrected chi connectivity index (χ1v) is 7.28. The highest BCUT2D eigenvalue weighted by Gasteiger charge is 2.35. The van der Waals surface area contributed by atoms with E-state index in [0.717, 1.165) is 26.1 Å². The van der Waals surface area contributed by atoms with Crippen molar-refractivity contribution in [2.45, 2.75) is 70.4 Å². The van der Waals surface area contributed by atoms with Crippen molar-refractivity contribution < 1.29 is 5.11 Å². The minimum Gasteiger partial charge on any atom is -0.392 e. The molecule has 17 heavy (non-hydrogen) atoms. The van der Waals surface area contributed by atoms with Crippen molar-refractivity contribution in [3.8, 4) is 0 Å². The zero-order valence-electron chi connectivity index (χ0n) is 11.6. The lowest BCUT2D eigenvalue weighted by molar-refractivity contribution is 0.0328. The maximum absolute atomic E-state index is 9.68. The number of β-amino-alcohol motifs (C(OH)–C–C–N with tert-alkyl or cyclic N) is 1. The van der Waals surface area contributed by atoms with Gasteiger partial charge in [0.2, 0.25) is 0 Å². The highest BCUT2D eigenvalue weighted by atomic mass is 16.3. The summed E-state index contributed by atoms with van der Waals surface area (Å²) in [5.41, 5.74) is 6.25. The third-order valence-electron chi connectivity index (χ3n) is 4.06. The van der Waals surface area contributed by atoms with Crippen LogP contribution in [0.4, 0.5) is 0 Å². The third-order valence-corrected chi connectivity index (χ3v) is 4.06. The molecule has 0 spiro atoms. The van der Waals surface area contributed by atoms with Crippen LogP contribution in [-0.4, -0.2) is 41.3 Å². The van der Waals surface area contributed by atoms with Crippen molar-refractivity contribution >= 4 is 0 Å². The fourth-order valence-corrected chi connectivity index (χ4v) is 3.15.